The van der Waals surface area contributed by atoms with Crippen molar-refractivity contribution >= 4 is 61.7 Å². The molecule has 0 radical (unpaired) electrons. The fourth-order valence-electron chi connectivity index (χ4n) is 3.45. The molecular weight excluding hydrogens is 560 g/mol. The molecule has 1 unspecified atom stereocenters. The van der Waals surface area contributed by atoms with Crippen LogP contribution >= 0.6 is 15.9 Å². The first-order valence-electron chi connectivity index (χ1n) is 10.5. The van der Waals surface area contributed by atoms with Crippen molar-refractivity contribution in [2.75, 3.05) is 23.1 Å². The summed E-state index contributed by atoms with van der Waals surface area (Å²) in [4.78, 5) is 26.6. The number of hydrogen-bond acceptors (Lipinski definition) is 8. The SMILES string of the molecule is O=C(CCNc1n[n+]([O-])c2cc(Br)ccc2[n+]1[O-])OC1=CN(C(=O)c2cccc(NS(=O)O)c2)CC1. The van der Waals surface area contributed by atoms with Crippen LogP contribution in [0.1, 0.15) is 23.2 Å². The fraction of sp³-hybridized carbons (Fsp3) is 0.190. The lowest BCUT2D eigenvalue weighted by molar-refractivity contribution is -0.672. The molecule has 13 nitrogen and oxygen atoms in total. The first kappa shape index (κ1) is 25.3. The number of fused-ring (bicyclic) bond motifs is 1. The van der Waals surface area contributed by atoms with Gasteiger partial charge in [0, 0.05) is 45.8 Å². The van der Waals surface area contributed by atoms with Crippen LogP contribution in [-0.2, 0) is 20.8 Å². The number of rotatable bonds is 8. The zero-order valence-electron chi connectivity index (χ0n) is 18.4. The first-order chi connectivity index (χ1) is 17.2. The van der Waals surface area contributed by atoms with E-state index in [2.05, 4.69) is 31.1 Å². The Balaban J connectivity index is 1.32. The van der Waals surface area contributed by atoms with E-state index in [0.717, 1.165) is 0 Å². The van der Waals surface area contributed by atoms with Gasteiger partial charge < -0.3 is 20.1 Å². The number of halogens is 1. The molecule has 0 saturated carbocycles. The van der Waals surface area contributed by atoms with E-state index in [1.165, 1.54) is 29.3 Å². The molecular formula is C21H19BrN6O7S. The largest absolute Gasteiger partial charge is 0.739 e. The first-order valence-corrected chi connectivity index (χ1v) is 12.4. The highest BCUT2D eigenvalue weighted by molar-refractivity contribution is 9.10. The second-order valence-corrected chi connectivity index (χ2v) is 9.17. The van der Waals surface area contributed by atoms with Gasteiger partial charge in [-0.05, 0) is 30.3 Å². The second-order valence-electron chi connectivity index (χ2n) is 7.55. The number of amides is 1. The maximum Gasteiger partial charge on any atom is 0.460 e. The molecule has 2 heterocycles. The summed E-state index contributed by atoms with van der Waals surface area (Å²) in [6.45, 7) is 0.276. The number of esters is 1. The van der Waals surface area contributed by atoms with Crippen LogP contribution in [0.5, 0.6) is 0 Å². The lowest BCUT2D eigenvalue weighted by Crippen LogP contribution is -2.44. The topological polar surface area (TPSA) is 175 Å². The van der Waals surface area contributed by atoms with Crippen molar-refractivity contribution in [3.8, 4) is 0 Å². The normalized spacial score (nSPS) is 13.8. The Morgan fingerprint density at radius 3 is 2.81 bits per heavy atom. The summed E-state index contributed by atoms with van der Waals surface area (Å²) in [5, 5.41) is 30.9. The van der Waals surface area contributed by atoms with Crippen molar-refractivity contribution in [1.29, 1.82) is 0 Å². The van der Waals surface area contributed by atoms with Crippen molar-refractivity contribution in [2.45, 2.75) is 12.8 Å². The van der Waals surface area contributed by atoms with Gasteiger partial charge in [-0.3, -0.25) is 24.2 Å². The van der Waals surface area contributed by atoms with Gasteiger partial charge in [-0.2, -0.15) is 0 Å². The number of ether oxygens (including phenoxy) is 1. The Bertz CT molecular complexity index is 1400. The van der Waals surface area contributed by atoms with Gasteiger partial charge in [0.1, 0.15) is 5.76 Å². The van der Waals surface area contributed by atoms with Crippen LogP contribution in [-0.4, -0.2) is 43.7 Å². The average molecular weight is 579 g/mol. The Morgan fingerprint density at radius 1 is 1.22 bits per heavy atom. The van der Waals surface area contributed by atoms with Crippen molar-refractivity contribution in [2.24, 2.45) is 0 Å². The number of carbonyl (C=O) groups excluding carboxylic acids is 2. The molecule has 188 valence electrons. The summed E-state index contributed by atoms with van der Waals surface area (Å²) < 4.78 is 28.5. The zero-order chi connectivity index (χ0) is 25.8. The van der Waals surface area contributed by atoms with Gasteiger partial charge in [-0.1, -0.05) is 22.0 Å². The minimum atomic E-state index is -2.27. The maximum atomic E-state index is 12.7. The summed E-state index contributed by atoms with van der Waals surface area (Å²) in [5.74, 6) is -0.928. The predicted molar refractivity (Wildman–Crippen MR) is 131 cm³/mol. The molecule has 1 aliphatic rings. The molecule has 15 heteroatoms. The van der Waals surface area contributed by atoms with Crippen LogP contribution in [0.2, 0.25) is 0 Å². The molecule has 1 atom stereocenters. The minimum absolute atomic E-state index is 0.0158. The van der Waals surface area contributed by atoms with Gasteiger partial charge in [0.05, 0.1) is 13.0 Å². The third kappa shape index (κ3) is 5.87. The number of aromatic nitrogens is 3. The van der Waals surface area contributed by atoms with Crippen molar-refractivity contribution in [1.82, 2.24) is 10.00 Å². The smallest absolute Gasteiger partial charge is 0.460 e. The maximum absolute atomic E-state index is 12.7. The van der Waals surface area contributed by atoms with E-state index in [1.807, 2.05) is 0 Å². The summed E-state index contributed by atoms with van der Waals surface area (Å²) in [6, 6.07) is 10.7. The van der Waals surface area contributed by atoms with Crippen LogP contribution in [0.3, 0.4) is 0 Å². The van der Waals surface area contributed by atoms with E-state index in [-0.39, 0.29) is 41.4 Å². The third-order valence-corrected chi connectivity index (χ3v) is 5.98. The minimum Gasteiger partial charge on any atom is -0.739 e. The predicted octanol–water partition coefficient (Wildman–Crippen LogP) is 1.55. The average Bonchev–Trinajstić information content (AvgIpc) is 3.29. The molecule has 0 bridgehead atoms. The highest BCUT2D eigenvalue weighted by Crippen LogP contribution is 2.20. The highest BCUT2D eigenvalue weighted by Gasteiger charge is 2.24. The summed E-state index contributed by atoms with van der Waals surface area (Å²) >= 11 is 0.964. The molecule has 1 aromatic heterocycles. The molecule has 0 aliphatic carbocycles. The molecule has 3 N–H and O–H groups in total. The van der Waals surface area contributed by atoms with Gasteiger partial charge in [0.15, 0.2) is 5.52 Å². The Morgan fingerprint density at radius 2 is 2.03 bits per heavy atom. The molecule has 0 fully saturated rings. The molecule has 0 spiro atoms. The molecule has 0 saturated heterocycles. The van der Waals surface area contributed by atoms with Crippen molar-refractivity contribution < 1.29 is 32.7 Å². The Kier molecular flexibility index (Phi) is 7.61. The molecule has 4 rings (SSSR count). The van der Waals surface area contributed by atoms with E-state index < -0.39 is 17.2 Å². The van der Waals surface area contributed by atoms with E-state index in [0.29, 0.717) is 38.5 Å². The number of nitrogens with zero attached hydrogens (tertiary/aromatic N) is 4. The van der Waals surface area contributed by atoms with Gasteiger partial charge in [0.25, 0.3) is 17.2 Å². The number of hydrogen-bond donors (Lipinski definition) is 3. The van der Waals surface area contributed by atoms with Gasteiger partial charge in [-0.15, -0.1) is 0 Å². The summed E-state index contributed by atoms with van der Waals surface area (Å²) in [7, 11) is 0. The number of nitrogens with one attached hydrogen (secondary N) is 2. The Hall–Kier alpha value is -3.82. The lowest BCUT2D eigenvalue weighted by Gasteiger charge is -2.13. The standard InChI is InChI=1S/C21H19BrN6O7S/c22-14-4-5-17-18(11-14)28(32)24-21(27(17)31)23-8-6-19(29)35-16-7-9-26(12-16)20(30)13-2-1-3-15(10-13)25-36(33)34/h1-5,10-12,25H,6-9H2,(H,23,24)(H,33,34). The van der Waals surface area contributed by atoms with Gasteiger partial charge in [-0.25, -0.2) is 8.94 Å². The molecule has 2 aromatic carbocycles. The van der Waals surface area contributed by atoms with Crippen LogP contribution < -0.4 is 19.6 Å². The number of benzene rings is 2. The summed E-state index contributed by atoms with van der Waals surface area (Å²) in [6.07, 6.45) is 1.62. The quantitative estimate of drug-likeness (QED) is 0.155. The van der Waals surface area contributed by atoms with Crippen LogP contribution in [0.4, 0.5) is 11.6 Å². The molecule has 36 heavy (non-hydrogen) atoms. The second kappa shape index (κ2) is 10.8. The van der Waals surface area contributed by atoms with Gasteiger partial charge >= 0.3 is 17.4 Å². The zero-order valence-corrected chi connectivity index (χ0v) is 20.8. The lowest BCUT2D eigenvalue weighted by atomic mass is 10.2. The number of carbonyl (C=O) groups is 2. The highest BCUT2D eigenvalue weighted by atomic mass is 79.9. The van der Waals surface area contributed by atoms with Gasteiger partial charge in [0.2, 0.25) is 5.10 Å². The molecule has 1 amide bonds. The van der Waals surface area contributed by atoms with Crippen LogP contribution in [0, 0.1) is 10.4 Å². The van der Waals surface area contributed by atoms with E-state index in [4.69, 9.17) is 9.29 Å². The molecule has 1 aliphatic heterocycles. The van der Waals surface area contributed by atoms with E-state index >= 15 is 0 Å². The van der Waals surface area contributed by atoms with Crippen LogP contribution in [0.15, 0.2) is 58.9 Å². The summed E-state index contributed by atoms with van der Waals surface area (Å²) in [5.41, 5.74) is 0.790. The Labute approximate surface area is 215 Å². The van der Waals surface area contributed by atoms with Crippen molar-refractivity contribution in [3.63, 3.8) is 0 Å². The number of anilines is 2. The fourth-order valence-corrected chi connectivity index (χ4v) is 4.13. The van der Waals surface area contributed by atoms with Crippen molar-refractivity contribution in [3.05, 3.63) is 74.9 Å². The van der Waals surface area contributed by atoms with E-state index in [1.54, 1.807) is 24.3 Å². The third-order valence-electron chi connectivity index (χ3n) is 5.07. The monoisotopic (exact) mass is 578 g/mol. The molecule has 3 aromatic rings. The van der Waals surface area contributed by atoms with E-state index in [9.17, 15) is 24.2 Å². The van der Waals surface area contributed by atoms with Crippen LogP contribution in [0.25, 0.3) is 11.0 Å².